The third-order valence-corrected chi connectivity index (χ3v) is 5.54. The van der Waals surface area contributed by atoms with Gasteiger partial charge in [0.05, 0.1) is 19.1 Å². The standard InChI is InChI=1S/C25H28O5/c1-3-28-23(26)13-19-6-4-5-7-22(19)29-14-17-10-16(2)25-20(11-17)12-21(15-30-25)24(27)18-8-9-18/h4-7,10-12,18,24,27H,3,8-9,13-15H2,1-2H3. The second kappa shape index (κ2) is 8.92. The van der Waals surface area contributed by atoms with Gasteiger partial charge in [0.2, 0.25) is 0 Å². The number of hydrogen-bond acceptors (Lipinski definition) is 5. The third kappa shape index (κ3) is 4.68. The van der Waals surface area contributed by atoms with E-state index in [-0.39, 0.29) is 12.4 Å². The minimum Gasteiger partial charge on any atom is -0.489 e. The molecule has 0 aromatic heterocycles. The third-order valence-electron chi connectivity index (χ3n) is 5.54. The Balaban J connectivity index is 1.50. The number of aryl methyl sites for hydroxylation is 1. The summed E-state index contributed by atoms with van der Waals surface area (Å²) in [6.07, 6.45) is 4.01. The van der Waals surface area contributed by atoms with E-state index in [0.29, 0.717) is 31.5 Å². The van der Waals surface area contributed by atoms with Crippen LogP contribution in [0, 0.1) is 12.8 Å². The number of carbonyl (C=O) groups excluding carboxylic acids is 1. The van der Waals surface area contributed by atoms with Gasteiger partial charge in [-0.3, -0.25) is 4.79 Å². The molecule has 0 spiro atoms. The number of aliphatic hydroxyl groups is 1. The van der Waals surface area contributed by atoms with Crippen LogP contribution in [0.5, 0.6) is 11.5 Å². The number of hydrogen-bond donors (Lipinski definition) is 1. The van der Waals surface area contributed by atoms with Crippen molar-refractivity contribution >= 4 is 12.0 Å². The minimum absolute atomic E-state index is 0.187. The molecule has 0 amide bonds. The first kappa shape index (κ1) is 20.5. The van der Waals surface area contributed by atoms with E-state index in [1.807, 2.05) is 31.2 Å². The molecule has 5 nitrogen and oxygen atoms in total. The zero-order chi connectivity index (χ0) is 21.1. The molecule has 158 valence electrons. The largest absolute Gasteiger partial charge is 0.489 e. The monoisotopic (exact) mass is 408 g/mol. The van der Waals surface area contributed by atoms with Gasteiger partial charge >= 0.3 is 5.97 Å². The fourth-order valence-corrected chi connectivity index (χ4v) is 3.87. The molecule has 1 aliphatic carbocycles. The summed E-state index contributed by atoms with van der Waals surface area (Å²) in [6.45, 7) is 5.01. The Labute approximate surface area is 177 Å². The molecule has 1 unspecified atom stereocenters. The van der Waals surface area contributed by atoms with E-state index in [1.165, 1.54) is 0 Å². The van der Waals surface area contributed by atoms with E-state index in [1.54, 1.807) is 6.92 Å². The Morgan fingerprint density at radius 3 is 2.83 bits per heavy atom. The van der Waals surface area contributed by atoms with Crippen LogP contribution in [0.2, 0.25) is 0 Å². The van der Waals surface area contributed by atoms with E-state index in [0.717, 1.165) is 46.4 Å². The van der Waals surface area contributed by atoms with Gasteiger partial charge in [0.1, 0.15) is 24.7 Å². The fourth-order valence-electron chi connectivity index (χ4n) is 3.87. The zero-order valence-corrected chi connectivity index (χ0v) is 17.5. The Kier molecular flexibility index (Phi) is 6.09. The highest BCUT2D eigenvalue weighted by molar-refractivity contribution is 5.73. The highest BCUT2D eigenvalue weighted by atomic mass is 16.5. The van der Waals surface area contributed by atoms with Crippen LogP contribution >= 0.6 is 0 Å². The molecule has 1 saturated carbocycles. The minimum atomic E-state index is -0.409. The highest BCUT2D eigenvalue weighted by Crippen LogP contribution is 2.39. The molecule has 2 aliphatic rings. The Morgan fingerprint density at radius 2 is 2.07 bits per heavy atom. The lowest BCUT2D eigenvalue weighted by Gasteiger charge is -2.23. The van der Waals surface area contributed by atoms with Gasteiger partial charge in [-0.2, -0.15) is 0 Å². The first-order valence-electron chi connectivity index (χ1n) is 10.6. The molecule has 2 aromatic rings. The molecular weight excluding hydrogens is 380 g/mol. The van der Waals surface area contributed by atoms with Gasteiger partial charge in [-0.25, -0.2) is 0 Å². The van der Waals surface area contributed by atoms with Gasteiger partial charge in [-0.1, -0.05) is 18.2 Å². The number of rotatable bonds is 8. The second-order valence-corrected chi connectivity index (χ2v) is 8.00. The number of carbonyl (C=O) groups is 1. The Hall–Kier alpha value is -2.79. The predicted molar refractivity (Wildman–Crippen MR) is 114 cm³/mol. The average Bonchev–Trinajstić information content (AvgIpc) is 3.58. The highest BCUT2D eigenvalue weighted by Gasteiger charge is 2.33. The molecule has 1 N–H and O–H groups in total. The van der Waals surface area contributed by atoms with Crippen molar-refractivity contribution in [3.8, 4) is 11.5 Å². The summed E-state index contributed by atoms with van der Waals surface area (Å²) in [5.74, 6) is 1.66. The fraction of sp³-hybridized carbons (Fsp3) is 0.400. The lowest BCUT2D eigenvalue weighted by molar-refractivity contribution is -0.142. The van der Waals surface area contributed by atoms with E-state index in [4.69, 9.17) is 14.2 Å². The van der Waals surface area contributed by atoms with Gasteiger partial charge in [-0.05, 0) is 73.6 Å². The Bertz CT molecular complexity index is 958. The van der Waals surface area contributed by atoms with Crippen molar-refractivity contribution in [2.75, 3.05) is 13.2 Å². The zero-order valence-electron chi connectivity index (χ0n) is 17.5. The van der Waals surface area contributed by atoms with Crippen LogP contribution in [-0.4, -0.2) is 30.4 Å². The van der Waals surface area contributed by atoms with Crippen molar-refractivity contribution in [1.29, 1.82) is 0 Å². The number of ether oxygens (including phenoxy) is 3. The van der Waals surface area contributed by atoms with Crippen LogP contribution in [-0.2, 0) is 22.6 Å². The number of para-hydroxylation sites is 1. The Morgan fingerprint density at radius 1 is 1.27 bits per heavy atom. The molecule has 2 aromatic carbocycles. The maximum atomic E-state index is 11.9. The molecule has 4 rings (SSSR count). The molecule has 5 heteroatoms. The van der Waals surface area contributed by atoms with Gasteiger partial charge < -0.3 is 19.3 Å². The van der Waals surface area contributed by atoms with Crippen LogP contribution < -0.4 is 9.47 Å². The van der Waals surface area contributed by atoms with Crippen LogP contribution in [0.15, 0.2) is 42.0 Å². The SMILES string of the molecule is CCOC(=O)Cc1ccccc1OCc1cc(C)c2c(c1)C=C(C(O)C1CC1)CO2. The summed E-state index contributed by atoms with van der Waals surface area (Å²) in [6, 6.07) is 11.6. The number of fused-ring (bicyclic) bond motifs is 1. The van der Waals surface area contributed by atoms with Crippen molar-refractivity contribution in [1.82, 2.24) is 0 Å². The topological polar surface area (TPSA) is 65.0 Å². The normalized spacial score (nSPS) is 16.2. The van der Waals surface area contributed by atoms with E-state index in [9.17, 15) is 9.90 Å². The lowest BCUT2D eigenvalue weighted by atomic mass is 9.97. The molecular formula is C25H28O5. The maximum absolute atomic E-state index is 11.9. The lowest BCUT2D eigenvalue weighted by Crippen LogP contribution is -2.21. The van der Waals surface area contributed by atoms with E-state index in [2.05, 4.69) is 18.2 Å². The van der Waals surface area contributed by atoms with Gasteiger partial charge in [-0.15, -0.1) is 0 Å². The summed E-state index contributed by atoms with van der Waals surface area (Å²) in [5, 5.41) is 10.5. The first-order valence-corrected chi connectivity index (χ1v) is 10.6. The number of esters is 1. The van der Waals surface area contributed by atoms with Gasteiger partial charge in [0, 0.05) is 11.1 Å². The van der Waals surface area contributed by atoms with Crippen LogP contribution in [0.25, 0.3) is 6.08 Å². The van der Waals surface area contributed by atoms with Crippen LogP contribution in [0.1, 0.15) is 42.0 Å². The summed E-state index contributed by atoms with van der Waals surface area (Å²) >= 11 is 0. The quantitative estimate of drug-likeness (QED) is 0.663. The second-order valence-electron chi connectivity index (χ2n) is 8.00. The van der Waals surface area contributed by atoms with Crippen molar-refractivity contribution in [2.24, 2.45) is 5.92 Å². The van der Waals surface area contributed by atoms with Crippen molar-refractivity contribution in [3.05, 3.63) is 64.2 Å². The van der Waals surface area contributed by atoms with Gasteiger partial charge in [0.25, 0.3) is 0 Å². The first-order chi connectivity index (χ1) is 14.5. The molecule has 0 saturated heterocycles. The van der Waals surface area contributed by atoms with Crippen molar-refractivity contribution in [2.45, 2.75) is 45.8 Å². The maximum Gasteiger partial charge on any atom is 0.310 e. The summed E-state index contributed by atoms with van der Waals surface area (Å²) in [4.78, 5) is 11.9. The predicted octanol–water partition coefficient (Wildman–Crippen LogP) is 4.23. The smallest absolute Gasteiger partial charge is 0.310 e. The van der Waals surface area contributed by atoms with Crippen LogP contribution in [0.3, 0.4) is 0 Å². The molecule has 1 fully saturated rings. The molecule has 1 atom stereocenters. The summed E-state index contributed by atoms with van der Waals surface area (Å²) < 4.78 is 17.1. The molecule has 0 bridgehead atoms. The van der Waals surface area contributed by atoms with E-state index >= 15 is 0 Å². The van der Waals surface area contributed by atoms with Gasteiger partial charge in [0.15, 0.2) is 0 Å². The number of aliphatic hydroxyl groups excluding tert-OH is 1. The molecule has 0 radical (unpaired) electrons. The summed E-state index contributed by atoms with van der Waals surface area (Å²) in [5.41, 5.74) is 4.79. The van der Waals surface area contributed by atoms with E-state index < -0.39 is 6.10 Å². The van der Waals surface area contributed by atoms with Crippen molar-refractivity contribution < 1.29 is 24.1 Å². The van der Waals surface area contributed by atoms with Crippen LogP contribution in [0.4, 0.5) is 0 Å². The average molecular weight is 408 g/mol. The van der Waals surface area contributed by atoms with Crippen molar-refractivity contribution in [3.63, 3.8) is 0 Å². The molecule has 1 aliphatic heterocycles. The molecule has 1 heterocycles. The summed E-state index contributed by atoms with van der Waals surface area (Å²) in [7, 11) is 0. The number of benzene rings is 2. The molecule has 30 heavy (non-hydrogen) atoms.